The van der Waals surface area contributed by atoms with Crippen molar-refractivity contribution in [3.8, 4) is 0 Å². The summed E-state index contributed by atoms with van der Waals surface area (Å²) in [4.78, 5) is 15.3. The number of hydrogen-bond donors (Lipinski definition) is 1. The van der Waals surface area contributed by atoms with Gasteiger partial charge in [0.1, 0.15) is 5.82 Å². The summed E-state index contributed by atoms with van der Waals surface area (Å²) in [6.45, 7) is 4.61. The number of aryl methyl sites for hydroxylation is 1. The fraction of sp³-hybridized carbons (Fsp3) is 0.389. The van der Waals surface area contributed by atoms with Crippen molar-refractivity contribution in [2.45, 2.75) is 25.8 Å². The van der Waals surface area contributed by atoms with Crippen molar-refractivity contribution < 1.29 is 0 Å². The molecule has 0 amide bonds. The number of rotatable bonds is 3. The Morgan fingerprint density at radius 3 is 2.87 bits per heavy atom. The molecule has 120 valence electrons. The van der Waals surface area contributed by atoms with E-state index < -0.39 is 0 Å². The van der Waals surface area contributed by atoms with Crippen LogP contribution in [-0.2, 0) is 6.54 Å². The van der Waals surface area contributed by atoms with Crippen molar-refractivity contribution in [1.29, 1.82) is 0 Å². The van der Waals surface area contributed by atoms with Gasteiger partial charge in [0.15, 0.2) is 5.96 Å². The van der Waals surface area contributed by atoms with E-state index in [9.17, 15) is 0 Å². The average molecular weight is 309 g/mol. The van der Waals surface area contributed by atoms with Crippen LogP contribution < -0.4 is 5.32 Å². The van der Waals surface area contributed by atoms with Crippen molar-refractivity contribution in [3.05, 3.63) is 59.7 Å². The Hall–Kier alpha value is -2.43. The van der Waals surface area contributed by atoms with Crippen LogP contribution in [0.2, 0.25) is 0 Å². The van der Waals surface area contributed by atoms with Crippen LogP contribution in [0.4, 0.5) is 0 Å². The third kappa shape index (κ3) is 3.86. The third-order valence-electron chi connectivity index (χ3n) is 4.23. The molecule has 0 aliphatic carbocycles. The minimum atomic E-state index is 0.580. The molecule has 0 bridgehead atoms. The molecule has 1 saturated heterocycles. The predicted octanol–water partition coefficient (Wildman–Crippen LogP) is 2.35. The van der Waals surface area contributed by atoms with E-state index in [4.69, 9.17) is 0 Å². The van der Waals surface area contributed by atoms with E-state index in [0.29, 0.717) is 12.5 Å². The molecule has 0 saturated carbocycles. The first-order chi connectivity index (χ1) is 11.3. The van der Waals surface area contributed by atoms with E-state index in [2.05, 4.69) is 55.5 Å². The van der Waals surface area contributed by atoms with Crippen molar-refractivity contribution >= 4 is 5.96 Å². The van der Waals surface area contributed by atoms with Gasteiger partial charge in [-0.1, -0.05) is 30.3 Å². The van der Waals surface area contributed by atoms with E-state index in [1.165, 1.54) is 5.56 Å². The van der Waals surface area contributed by atoms with Crippen molar-refractivity contribution in [3.63, 3.8) is 0 Å². The van der Waals surface area contributed by atoms with Gasteiger partial charge in [-0.15, -0.1) is 0 Å². The van der Waals surface area contributed by atoms with Crippen LogP contribution in [-0.4, -0.2) is 41.0 Å². The Morgan fingerprint density at radius 1 is 1.30 bits per heavy atom. The van der Waals surface area contributed by atoms with Gasteiger partial charge in [-0.25, -0.2) is 9.97 Å². The van der Waals surface area contributed by atoms with Crippen molar-refractivity contribution in [2.75, 3.05) is 20.1 Å². The summed E-state index contributed by atoms with van der Waals surface area (Å²) in [7, 11) is 1.84. The second kappa shape index (κ2) is 7.22. The van der Waals surface area contributed by atoms with Gasteiger partial charge in [-0.3, -0.25) is 4.99 Å². The highest BCUT2D eigenvalue weighted by Crippen LogP contribution is 2.26. The molecule has 1 atom stereocenters. The molecule has 1 aliphatic rings. The van der Waals surface area contributed by atoms with Crippen molar-refractivity contribution in [2.24, 2.45) is 4.99 Å². The van der Waals surface area contributed by atoms with Crippen LogP contribution in [0.15, 0.2) is 47.6 Å². The third-order valence-corrected chi connectivity index (χ3v) is 4.23. The number of hydrogen-bond acceptors (Lipinski definition) is 3. The smallest absolute Gasteiger partial charge is 0.193 e. The zero-order valence-corrected chi connectivity index (χ0v) is 13.7. The van der Waals surface area contributed by atoms with E-state index >= 15 is 0 Å². The first-order valence-electron chi connectivity index (χ1n) is 8.05. The van der Waals surface area contributed by atoms with E-state index in [1.54, 1.807) is 6.20 Å². The van der Waals surface area contributed by atoms with E-state index in [1.807, 2.05) is 20.0 Å². The zero-order chi connectivity index (χ0) is 16.1. The lowest BCUT2D eigenvalue weighted by Crippen LogP contribution is -2.39. The van der Waals surface area contributed by atoms with Crippen molar-refractivity contribution in [1.82, 2.24) is 20.2 Å². The summed E-state index contributed by atoms with van der Waals surface area (Å²) in [5.41, 5.74) is 2.40. The predicted molar refractivity (Wildman–Crippen MR) is 92.3 cm³/mol. The van der Waals surface area contributed by atoms with Gasteiger partial charge in [-0.2, -0.15) is 0 Å². The lowest BCUT2D eigenvalue weighted by Gasteiger charge is -2.21. The molecule has 1 N–H and O–H groups in total. The summed E-state index contributed by atoms with van der Waals surface area (Å²) in [6.07, 6.45) is 2.96. The van der Waals surface area contributed by atoms with E-state index in [-0.39, 0.29) is 0 Å². The SMILES string of the molecule is CN=C(NCc1ccnc(C)n1)N1CCC(c2ccccc2)C1. The van der Waals surface area contributed by atoms with Gasteiger partial charge < -0.3 is 10.2 Å². The second-order valence-electron chi connectivity index (χ2n) is 5.84. The molecule has 1 aliphatic heterocycles. The molecule has 1 aromatic carbocycles. The molecule has 5 heteroatoms. The largest absolute Gasteiger partial charge is 0.351 e. The minimum absolute atomic E-state index is 0.580. The molecule has 1 unspecified atom stereocenters. The molecule has 0 radical (unpaired) electrons. The van der Waals surface area contributed by atoms with Gasteiger partial charge in [-0.05, 0) is 25.0 Å². The summed E-state index contributed by atoms with van der Waals surface area (Å²) < 4.78 is 0. The highest BCUT2D eigenvalue weighted by atomic mass is 15.3. The number of aromatic nitrogens is 2. The molecule has 1 fully saturated rings. The highest BCUT2D eigenvalue weighted by Gasteiger charge is 2.25. The zero-order valence-electron chi connectivity index (χ0n) is 13.7. The molecule has 5 nitrogen and oxygen atoms in total. The maximum absolute atomic E-state index is 4.42. The summed E-state index contributed by atoms with van der Waals surface area (Å²) in [5.74, 6) is 2.32. The minimum Gasteiger partial charge on any atom is -0.351 e. The molecule has 23 heavy (non-hydrogen) atoms. The molecular weight excluding hydrogens is 286 g/mol. The number of aliphatic imine (C=N–C) groups is 1. The molecule has 2 aromatic rings. The summed E-state index contributed by atoms with van der Waals surface area (Å²) >= 11 is 0. The van der Waals surface area contributed by atoms with Crippen LogP contribution >= 0.6 is 0 Å². The van der Waals surface area contributed by atoms with Gasteiger partial charge in [0.2, 0.25) is 0 Å². The maximum atomic E-state index is 4.42. The Morgan fingerprint density at radius 2 is 2.13 bits per heavy atom. The van der Waals surface area contributed by atoms with E-state index in [0.717, 1.165) is 37.0 Å². The van der Waals surface area contributed by atoms with Crippen LogP contribution in [0.1, 0.15) is 29.4 Å². The Kier molecular flexibility index (Phi) is 4.86. The number of nitrogens with zero attached hydrogens (tertiary/aromatic N) is 4. The second-order valence-corrected chi connectivity index (χ2v) is 5.84. The fourth-order valence-corrected chi connectivity index (χ4v) is 3.06. The number of nitrogens with one attached hydrogen (secondary N) is 1. The fourth-order valence-electron chi connectivity index (χ4n) is 3.06. The lowest BCUT2D eigenvalue weighted by molar-refractivity contribution is 0.485. The Labute approximate surface area is 137 Å². The first-order valence-corrected chi connectivity index (χ1v) is 8.05. The molecule has 1 aromatic heterocycles. The van der Waals surface area contributed by atoms with Gasteiger partial charge in [0, 0.05) is 32.3 Å². The number of guanidine groups is 1. The number of benzene rings is 1. The molecule has 2 heterocycles. The van der Waals surface area contributed by atoms with Crippen LogP contribution in [0.3, 0.4) is 0 Å². The average Bonchev–Trinajstić information content (AvgIpc) is 3.06. The Bertz CT molecular complexity index is 668. The maximum Gasteiger partial charge on any atom is 0.193 e. The quantitative estimate of drug-likeness (QED) is 0.698. The normalized spacial score (nSPS) is 18.3. The van der Waals surface area contributed by atoms with Crippen LogP contribution in [0.5, 0.6) is 0 Å². The van der Waals surface area contributed by atoms with Gasteiger partial charge in [0.25, 0.3) is 0 Å². The van der Waals surface area contributed by atoms with Crippen LogP contribution in [0, 0.1) is 6.92 Å². The molecular formula is C18H23N5. The summed E-state index contributed by atoms with van der Waals surface area (Å²) in [6, 6.07) is 12.7. The lowest BCUT2D eigenvalue weighted by atomic mass is 9.99. The topological polar surface area (TPSA) is 53.4 Å². The van der Waals surface area contributed by atoms with Gasteiger partial charge in [0.05, 0.1) is 12.2 Å². The van der Waals surface area contributed by atoms with Gasteiger partial charge >= 0.3 is 0 Å². The number of likely N-dealkylation sites (tertiary alicyclic amines) is 1. The summed E-state index contributed by atoms with van der Waals surface area (Å²) in [5, 5.41) is 3.41. The highest BCUT2D eigenvalue weighted by molar-refractivity contribution is 5.80. The van der Waals surface area contributed by atoms with Crippen LogP contribution in [0.25, 0.3) is 0 Å². The first kappa shape index (κ1) is 15.5. The Balaban J connectivity index is 1.59. The molecule has 3 rings (SSSR count). The standard InChI is InChI=1S/C18H23N5/c1-14-20-10-8-17(22-14)12-21-18(19-2)23-11-9-16(13-23)15-6-4-3-5-7-15/h3-8,10,16H,9,11-13H2,1-2H3,(H,19,21). The monoisotopic (exact) mass is 309 g/mol. The molecule has 0 spiro atoms.